The van der Waals surface area contributed by atoms with Crippen molar-refractivity contribution in [1.29, 1.82) is 0 Å². The van der Waals surface area contributed by atoms with Crippen LogP contribution >= 0.6 is 0 Å². The van der Waals surface area contributed by atoms with Crippen LogP contribution in [0.5, 0.6) is 0 Å². The second-order valence-electron chi connectivity index (χ2n) is 3.26. The van der Waals surface area contributed by atoms with Crippen molar-refractivity contribution in [2.45, 2.75) is 37.8 Å². The molecule has 4 nitrogen and oxygen atoms in total. The highest BCUT2D eigenvalue weighted by Crippen LogP contribution is 2.14. The number of nitrogens with two attached hydrogens (primary N) is 4. The summed E-state index contributed by atoms with van der Waals surface area (Å²) in [7, 11) is 0. The van der Waals surface area contributed by atoms with Crippen molar-refractivity contribution in [2.24, 2.45) is 22.9 Å². The van der Waals surface area contributed by atoms with E-state index in [1.165, 1.54) is 19.3 Å². The third-order valence-electron chi connectivity index (χ3n) is 1.92. The van der Waals surface area contributed by atoms with Crippen LogP contribution in [-0.4, -0.2) is 25.2 Å². The van der Waals surface area contributed by atoms with Crippen molar-refractivity contribution < 1.29 is 0 Å². The Bertz CT molecular complexity index is 87.1. The lowest BCUT2D eigenvalue weighted by molar-refractivity contribution is 0.392. The first kappa shape index (κ1) is 11.8. The van der Waals surface area contributed by atoms with E-state index < -0.39 is 0 Å². The molecule has 74 valence electrons. The summed E-state index contributed by atoms with van der Waals surface area (Å²) < 4.78 is 0. The minimum Gasteiger partial charge on any atom is -0.329 e. The van der Waals surface area contributed by atoms with Gasteiger partial charge in [0.1, 0.15) is 0 Å². The molecule has 1 aliphatic carbocycles. The molecule has 0 unspecified atom stereocenters. The maximum atomic E-state index is 5.65. The van der Waals surface area contributed by atoms with E-state index in [0.717, 1.165) is 6.42 Å². The molecule has 0 spiro atoms. The zero-order valence-electron chi connectivity index (χ0n) is 7.71. The second kappa shape index (κ2) is 7.49. The van der Waals surface area contributed by atoms with Crippen LogP contribution < -0.4 is 22.9 Å². The summed E-state index contributed by atoms with van der Waals surface area (Å²) in [5.74, 6) is 0. The maximum Gasteiger partial charge on any atom is 0.00535 e. The van der Waals surface area contributed by atoms with E-state index in [9.17, 15) is 0 Å². The van der Waals surface area contributed by atoms with Gasteiger partial charge in [0.25, 0.3) is 0 Å². The van der Waals surface area contributed by atoms with Gasteiger partial charge in [-0.05, 0) is 19.3 Å². The van der Waals surface area contributed by atoms with Gasteiger partial charge in [0, 0.05) is 25.2 Å². The van der Waals surface area contributed by atoms with Crippen molar-refractivity contribution in [3.05, 3.63) is 0 Å². The van der Waals surface area contributed by atoms with E-state index in [4.69, 9.17) is 22.9 Å². The van der Waals surface area contributed by atoms with Crippen LogP contribution in [-0.2, 0) is 0 Å². The standard InChI is InChI=1S/C6H14N2.C2H8N2/c7-5-2-1-3-6(8)4-5;3-1-2-4/h5-6H,1-4,7-8H2;1-4H2/t5-,6+;. The molecule has 0 saturated heterocycles. The van der Waals surface area contributed by atoms with Gasteiger partial charge in [-0.25, -0.2) is 0 Å². The third kappa shape index (κ3) is 6.54. The molecule has 0 aromatic rings. The molecule has 1 rings (SSSR count). The Morgan fingerprint density at radius 1 is 0.917 bits per heavy atom. The maximum absolute atomic E-state index is 5.65. The fourth-order valence-electron chi connectivity index (χ4n) is 1.27. The van der Waals surface area contributed by atoms with Crippen LogP contribution in [0, 0.1) is 0 Å². The van der Waals surface area contributed by atoms with E-state index in [-0.39, 0.29) is 0 Å². The summed E-state index contributed by atoms with van der Waals surface area (Å²) in [6.45, 7) is 1.19. The smallest absolute Gasteiger partial charge is 0.00535 e. The van der Waals surface area contributed by atoms with E-state index >= 15 is 0 Å². The predicted octanol–water partition coefficient (Wildman–Crippen LogP) is -0.881. The first-order valence-electron chi connectivity index (χ1n) is 4.62. The minimum absolute atomic E-state index is 0.388. The van der Waals surface area contributed by atoms with E-state index in [1.807, 2.05) is 0 Å². The van der Waals surface area contributed by atoms with Gasteiger partial charge in [0.05, 0.1) is 0 Å². The predicted molar refractivity (Wildman–Crippen MR) is 52.5 cm³/mol. The normalized spacial score (nSPS) is 29.0. The molecule has 8 N–H and O–H groups in total. The van der Waals surface area contributed by atoms with E-state index in [0.29, 0.717) is 25.2 Å². The van der Waals surface area contributed by atoms with Crippen LogP contribution in [0.3, 0.4) is 0 Å². The fourth-order valence-corrected chi connectivity index (χ4v) is 1.27. The lowest BCUT2D eigenvalue weighted by atomic mass is 9.92. The summed E-state index contributed by atoms with van der Waals surface area (Å²) in [5.41, 5.74) is 21.1. The van der Waals surface area contributed by atoms with Crippen LogP contribution in [0.25, 0.3) is 0 Å². The Morgan fingerprint density at radius 3 is 1.50 bits per heavy atom. The highest BCUT2D eigenvalue weighted by molar-refractivity contribution is 4.76. The van der Waals surface area contributed by atoms with Crippen molar-refractivity contribution in [1.82, 2.24) is 0 Å². The molecule has 0 radical (unpaired) electrons. The summed E-state index contributed by atoms with van der Waals surface area (Å²) in [6, 6.07) is 0.775. The molecular formula is C8H22N4. The molecule has 1 aliphatic rings. The molecule has 1 fully saturated rings. The van der Waals surface area contributed by atoms with Gasteiger partial charge in [0.15, 0.2) is 0 Å². The van der Waals surface area contributed by atoms with Gasteiger partial charge in [-0.15, -0.1) is 0 Å². The van der Waals surface area contributed by atoms with Gasteiger partial charge in [-0.3, -0.25) is 0 Å². The fraction of sp³-hybridized carbons (Fsp3) is 1.00. The van der Waals surface area contributed by atoms with Crippen LogP contribution in [0.2, 0.25) is 0 Å². The topological polar surface area (TPSA) is 104 Å². The molecule has 0 aromatic carbocycles. The molecule has 1 saturated carbocycles. The molecule has 4 heteroatoms. The third-order valence-corrected chi connectivity index (χ3v) is 1.92. The van der Waals surface area contributed by atoms with Gasteiger partial charge in [0.2, 0.25) is 0 Å². The Balaban J connectivity index is 0.000000261. The Kier molecular flexibility index (Phi) is 7.39. The van der Waals surface area contributed by atoms with Crippen molar-refractivity contribution in [2.75, 3.05) is 13.1 Å². The van der Waals surface area contributed by atoms with Crippen molar-refractivity contribution in [3.8, 4) is 0 Å². The number of hydrogen-bond donors (Lipinski definition) is 4. The first-order chi connectivity index (χ1) is 5.70. The Labute approximate surface area is 74.7 Å². The molecule has 0 bridgehead atoms. The molecule has 0 heterocycles. The quantitative estimate of drug-likeness (QED) is 0.414. The molecule has 0 aliphatic heterocycles. The highest BCUT2D eigenvalue weighted by Gasteiger charge is 2.14. The van der Waals surface area contributed by atoms with E-state index in [1.54, 1.807) is 0 Å². The van der Waals surface area contributed by atoms with Crippen molar-refractivity contribution >= 4 is 0 Å². The second-order valence-corrected chi connectivity index (χ2v) is 3.26. The summed E-state index contributed by atoms with van der Waals surface area (Å²) in [6.07, 6.45) is 4.60. The zero-order valence-corrected chi connectivity index (χ0v) is 7.71. The van der Waals surface area contributed by atoms with Gasteiger partial charge < -0.3 is 22.9 Å². The molecular weight excluding hydrogens is 152 g/mol. The van der Waals surface area contributed by atoms with Gasteiger partial charge in [-0.2, -0.15) is 0 Å². The Hall–Kier alpha value is -0.160. The Morgan fingerprint density at radius 2 is 1.33 bits per heavy atom. The van der Waals surface area contributed by atoms with Gasteiger partial charge in [-0.1, -0.05) is 6.42 Å². The van der Waals surface area contributed by atoms with Crippen LogP contribution in [0.15, 0.2) is 0 Å². The SMILES string of the molecule is NCCN.N[C@@H]1CCC[C@H](N)C1. The minimum atomic E-state index is 0.388. The number of rotatable bonds is 1. The molecule has 0 amide bonds. The first-order valence-corrected chi connectivity index (χ1v) is 4.62. The lowest BCUT2D eigenvalue weighted by Crippen LogP contribution is -2.35. The summed E-state index contributed by atoms with van der Waals surface area (Å²) >= 11 is 0. The molecule has 12 heavy (non-hydrogen) atoms. The van der Waals surface area contributed by atoms with Crippen LogP contribution in [0.1, 0.15) is 25.7 Å². The lowest BCUT2D eigenvalue weighted by Gasteiger charge is -2.22. The van der Waals surface area contributed by atoms with Crippen molar-refractivity contribution in [3.63, 3.8) is 0 Å². The average Bonchev–Trinajstić information content (AvgIpc) is 2.04. The van der Waals surface area contributed by atoms with E-state index in [2.05, 4.69) is 0 Å². The monoisotopic (exact) mass is 174 g/mol. The summed E-state index contributed by atoms with van der Waals surface area (Å²) in [4.78, 5) is 0. The summed E-state index contributed by atoms with van der Waals surface area (Å²) in [5, 5.41) is 0. The largest absolute Gasteiger partial charge is 0.329 e. The highest BCUT2D eigenvalue weighted by atomic mass is 14.7. The number of hydrogen-bond acceptors (Lipinski definition) is 4. The van der Waals surface area contributed by atoms with Gasteiger partial charge >= 0.3 is 0 Å². The zero-order chi connectivity index (χ0) is 9.40. The molecule has 2 atom stereocenters. The average molecular weight is 174 g/mol. The molecule has 0 aromatic heterocycles. The van der Waals surface area contributed by atoms with Crippen LogP contribution in [0.4, 0.5) is 0 Å².